The summed E-state index contributed by atoms with van der Waals surface area (Å²) in [5.41, 5.74) is 0.570. The first-order valence-corrected chi connectivity index (χ1v) is 10.5. The van der Waals surface area contributed by atoms with Crippen LogP contribution < -0.4 is 23.7 Å². The van der Waals surface area contributed by atoms with Gasteiger partial charge >= 0.3 is 5.97 Å². The third kappa shape index (κ3) is 4.33. The molecule has 3 aromatic rings. The summed E-state index contributed by atoms with van der Waals surface area (Å²) in [4.78, 5) is 11.9. The Bertz CT molecular complexity index is 1090. The van der Waals surface area contributed by atoms with Crippen molar-refractivity contribution in [3.05, 3.63) is 29.3 Å². The molecule has 32 heavy (non-hydrogen) atoms. The van der Waals surface area contributed by atoms with Gasteiger partial charge in [0, 0.05) is 10.8 Å². The maximum atomic E-state index is 11.9. The van der Waals surface area contributed by atoms with Gasteiger partial charge in [0.15, 0.2) is 0 Å². The van der Waals surface area contributed by atoms with E-state index < -0.39 is 5.97 Å². The maximum absolute atomic E-state index is 11.9. The summed E-state index contributed by atoms with van der Waals surface area (Å²) in [5.74, 6) is 1.27. The molecule has 3 rings (SSSR count). The van der Waals surface area contributed by atoms with E-state index in [2.05, 4.69) is 0 Å². The molecule has 1 N–H and O–H groups in total. The van der Waals surface area contributed by atoms with Crippen LogP contribution >= 0.6 is 0 Å². The Kier molecular flexibility index (Phi) is 9.91. The Balaban J connectivity index is 0.00000121. The summed E-state index contributed by atoms with van der Waals surface area (Å²) in [6.45, 7) is 9.72. The van der Waals surface area contributed by atoms with Crippen LogP contribution in [0.15, 0.2) is 18.2 Å². The molecule has 0 aliphatic heterocycles. The van der Waals surface area contributed by atoms with Crippen LogP contribution in [0.25, 0.3) is 21.5 Å². The van der Waals surface area contributed by atoms with Crippen molar-refractivity contribution >= 4 is 27.5 Å². The number of methoxy groups -OCH3 is 5. The monoisotopic (exact) mass is 446 g/mol. The molecule has 0 radical (unpaired) electrons. The van der Waals surface area contributed by atoms with Crippen LogP contribution in [-0.4, -0.2) is 46.6 Å². The lowest BCUT2D eigenvalue weighted by molar-refractivity contribution is 0.0692. The van der Waals surface area contributed by atoms with Gasteiger partial charge in [-0.15, -0.1) is 0 Å². The number of rotatable bonds is 6. The number of carboxylic acid groups (broad SMARTS) is 1. The molecule has 0 heterocycles. The van der Waals surface area contributed by atoms with Crippen molar-refractivity contribution in [3.8, 4) is 28.7 Å². The molecule has 0 atom stereocenters. The van der Waals surface area contributed by atoms with Gasteiger partial charge in [-0.1, -0.05) is 27.7 Å². The molecular formula is C25H34O7. The second-order valence-electron chi connectivity index (χ2n) is 6.09. The summed E-state index contributed by atoms with van der Waals surface area (Å²) in [6, 6.07) is 5.20. The first-order valence-electron chi connectivity index (χ1n) is 10.5. The molecular weight excluding hydrogens is 412 g/mol. The minimum Gasteiger partial charge on any atom is -0.496 e. The second kappa shape index (κ2) is 11.9. The van der Waals surface area contributed by atoms with Crippen LogP contribution in [0.3, 0.4) is 0 Å². The van der Waals surface area contributed by atoms with Gasteiger partial charge in [0.2, 0.25) is 0 Å². The van der Waals surface area contributed by atoms with E-state index in [9.17, 15) is 9.90 Å². The van der Waals surface area contributed by atoms with E-state index in [-0.39, 0.29) is 11.3 Å². The zero-order valence-electron chi connectivity index (χ0n) is 20.6. The van der Waals surface area contributed by atoms with E-state index in [0.29, 0.717) is 50.1 Å². The van der Waals surface area contributed by atoms with Gasteiger partial charge in [-0.05, 0) is 30.7 Å². The molecule has 0 unspecified atom stereocenters. The summed E-state index contributed by atoms with van der Waals surface area (Å²) in [7, 11) is 7.63. The average Bonchev–Trinajstić information content (AvgIpc) is 2.83. The number of hydrogen-bond donors (Lipinski definition) is 1. The van der Waals surface area contributed by atoms with Gasteiger partial charge in [-0.25, -0.2) is 4.79 Å². The summed E-state index contributed by atoms with van der Waals surface area (Å²) < 4.78 is 27.9. The second-order valence-corrected chi connectivity index (χ2v) is 6.09. The molecule has 0 aliphatic carbocycles. The number of aromatic carboxylic acids is 1. The van der Waals surface area contributed by atoms with E-state index in [0.717, 1.165) is 0 Å². The maximum Gasteiger partial charge on any atom is 0.339 e. The van der Waals surface area contributed by atoms with Crippen LogP contribution in [0.2, 0.25) is 0 Å². The van der Waals surface area contributed by atoms with Gasteiger partial charge in [0.1, 0.15) is 34.3 Å². The fourth-order valence-corrected chi connectivity index (χ4v) is 3.72. The number of benzene rings is 3. The topological polar surface area (TPSA) is 83.5 Å². The molecule has 0 fully saturated rings. The van der Waals surface area contributed by atoms with Gasteiger partial charge in [0.05, 0.1) is 46.3 Å². The fourth-order valence-electron chi connectivity index (χ4n) is 3.72. The summed E-state index contributed by atoms with van der Waals surface area (Å²) in [5, 5.41) is 12.3. The third-order valence-electron chi connectivity index (χ3n) is 4.88. The number of carboxylic acids is 1. The van der Waals surface area contributed by atoms with Crippen molar-refractivity contribution in [1.29, 1.82) is 0 Å². The standard InChI is InChI=1S/C21H22O7.2C2H6/c1-10-15-11(9-14(26-4)16(10)21(22)23)19(27-5)17-12(24-2)7-8-13(25-3)18(17)20(15)28-6;2*1-2/h7-9H,1-6H3,(H,22,23);2*1-2H3. The SMILES string of the molecule is CC.CC.COc1cc2c(OC)c3c(OC)ccc(OC)c3c(OC)c2c(C)c1C(=O)O. The molecule has 3 aromatic carbocycles. The lowest BCUT2D eigenvalue weighted by Crippen LogP contribution is -2.06. The van der Waals surface area contributed by atoms with Crippen molar-refractivity contribution in [1.82, 2.24) is 0 Å². The molecule has 7 heteroatoms. The fraction of sp³-hybridized carbons (Fsp3) is 0.400. The Morgan fingerprint density at radius 1 is 0.688 bits per heavy atom. The zero-order chi connectivity index (χ0) is 24.6. The summed E-state index contributed by atoms with van der Waals surface area (Å²) in [6.07, 6.45) is 0. The Morgan fingerprint density at radius 3 is 1.50 bits per heavy atom. The quantitative estimate of drug-likeness (QED) is 0.458. The molecule has 7 nitrogen and oxygen atoms in total. The van der Waals surface area contributed by atoms with E-state index in [1.165, 1.54) is 14.2 Å². The molecule has 0 saturated heterocycles. The number of carbonyl (C=O) groups is 1. The van der Waals surface area contributed by atoms with Crippen LogP contribution in [0.4, 0.5) is 0 Å². The van der Waals surface area contributed by atoms with Crippen molar-refractivity contribution in [2.24, 2.45) is 0 Å². The number of ether oxygens (including phenoxy) is 5. The van der Waals surface area contributed by atoms with Gasteiger partial charge in [-0.3, -0.25) is 0 Å². The molecule has 0 bridgehead atoms. The Hall–Kier alpha value is -3.35. The highest BCUT2D eigenvalue weighted by atomic mass is 16.5. The van der Waals surface area contributed by atoms with E-state index >= 15 is 0 Å². The Labute approximate surface area is 189 Å². The predicted molar refractivity (Wildman–Crippen MR) is 129 cm³/mol. The zero-order valence-corrected chi connectivity index (χ0v) is 20.6. The number of hydrogen-bond acceptors (Lipinski definition) is 6. The highest BCUT2D eigenvalue weighted by molar-refractivity contribution is 6.18. The Morgan fingerprint density at radius 2 is 1.12 bits per heavy atom. The smallest absolute Gasteiger partial charge is 0.339 e. The average molecular weight is 447 g/mol. The number of fused-ring (bicyclic) bond motifs is 2. The molecule has 176 valence electrons. The van der Waals surface area contributed by atoms with E-state index in [4.69, 9.17) is 23.7 Å². The van der Waals surface area contributed by atoms with Crippen molar-refractivity contribution < 1.29 is 33.6 Å². The molecule has 0 amide bonds. The normalized spacial score (nSPS) is 9.81. The minimum absolute atomic E-state index is 0.0663. The first-order chi connectivity index (χ1) is 15.4. The lowest BCUT2D eigenvalue weighted by atomic mass is 9.93. The van der Waals surface area contributed by atoms with Crippen LogP contribution in [0.1, 0.15) is 43.6 Å². The highest BCUT2D eigenvalue weighted by Crippen LogP contribution is 2.52. The molecule has 0 saturated carbocycles. The van der Waals surface area contributed by atoms with Crippen LogP contribution in [0, 0.1) is 6.92 Å². The molecule has 0 aliphatic rings. The van der Waals surface area contributed by atoms with Crippen molar-refractivity contribution in [2.45, 2.75) is 34.6 Å². The van der Waals surface area contributed by atoms with Gasteiger partial charge in [0.25, 0.3) is 0 Å². The van der Waals surface area contributed by atoms with Crippen LogP contribution in [0.5, 0.6) is 28.7 Å². The largest absolute Gasteiger partial charge is 0.496 e. The summed E-state index contributed by atoms with van der Waals surface area (Å²) >= 11 is 0. The highest BCUT2D eigenvalue weighted by Gasteiger charge is 2.27. The van der Waals surface area contributed by atoms with E-state index in [1.54, 1.807) is 46.5 Å². The van der Waals surface area contributed by atoms with Crippen LogP contribution in [-0.2, 0) is 0 Å². The number of aryl methyl sites for hydroxylation is 1. The third-order valence-corrected chi connectivity index (χ3v) is 4.88. The van der Waals surface area contributed by atoms with Crippen molar-refractivity contribution in [3.63, 3.8) is 0 Å². The predicted octanol–water partition coefficient (Wildman–Crippen LogP) is 6.10. The molecule has 0 aromatic heterocycles. The van der Waals surface area contributed by atoms with E-state index in [1.807, 2.05) is 27.7 Å². The lowest BCUT2D eigenvalue weighted by Gasteiger charge is -2.21. The van der Waals surface area contributed by atoms with Gasteiger partial charge < -0.3 is 28.8 Å². The minimum atomic E-state index is -1.09. The van der Waals surface area contributed by atoms with Gasteiger partial charge in [-0.2, -0.15) is 0 Å². The first kappa shape index (κ1) is 26.7. The molecule has 0 spiro atoms. The van der Waals surface area contributed by atoms with Crippen molar-refractivity contribution in [2.75, 3.05) is 35.5 Å².